The number of hydrogen-bond donors (Lipinski definition) is 3. The number of rotatable bonds is 6. The van der Waals surface area contributed by atoms with Crippen molar-refractivity contribution in [1.82, 2.24) is 9.55 Å². The lowest BCUT2D eigenvalue weighted by Gasteiger charge is -2.15. The van der Waals surface area contributed by atoms with Gasteiger partial charge in [0.05, 0.1) is 5.75 Å². The zero-order valence-electron chi connectivity index (χ0n) is 14.5. The first-order valence-corrected chi connectivity index (χ1v) is 9.92. The largest absolute Gasteiger partial charge is 0.384 e. The summed E-state index contributed by atoms with van der Waals surface area (Å²) in [5, 5.41) is 4.36. The van der Waals surface area contributed by atoms with Crippen LogP contribution in [0.3, 0.4) is 0 Å². The second-order valence-electron chi connectivity index (χ2n) is 6.90. The maximum absolute atomic E-state index is 12.3. The summed E-state index contributed by atoms with van der Waals surface area (Å²) in [6.45, 7) is 0.917. The molecule has 4 rings (SSSR count). The number of fused-ring (bicyclic) bond motifs is 1. The van der Waals surface area contributed by atoms with Crippen molar-refractivity contribution in [2.24, 2.45) is 13.0 Å². The number of H-pyrrole nitrogens is 1. The molecule has 136 valence electrons. The summed E-state index contributed by atoms with van der Waals surface area (Å²) in [4.78, 5) is 15.4. The van der Waals surface area contributed by atoms with Crippen LogP contribution in [0.15, 0.2) is 41.5 Å². The van der Waals surface area contributed by atoms with Gasteiger partial charge >= 0.3 is 0 Å². The summed E-state index contributed by atoms with van der Waals surface area (Å²) in [6.07, 6.45) is 6.10. The van der Waals surface area contributed by atoms with E-state index < -0.39 is 11.1 Å². The molecule has 0 bridgehead atoms. The van der Waals surface area contributed by atoms with E-state index in [1.54, 1.807) is 17.8 Å². The lowest BCUT2D eigenvalue weighted by Crippen LogP contribution is -2.16. The van der Waals surface area contributed by atoms with E-state index in [4.69, 9.17) is 0 Å². The topological polar surface area (TPSA) is 87.1 Å². The molecule has 2 aromatic heterocycles. The Labute approximate surface area is 153 Å². The highest BCUT2D eigenvalue weighted by Gasteiger charge is 2.21. The van der Waals surface area contributed by atoms with Gasteiger partial charge in [-0.2, -0.15) is 0 Å². The first kappa shape index (κ1) is 17.1. The zero-order valence-corrected chi connectivity index (χ0v) is 15.3. The highest BCUT2D eigenvalue weighted by atomic mass is 32.2. The molecule has 3 aromatic rings. The highest BCUT2D eigenvalue weighted by Crippen LogP contribution is 2.35. The molecule has 0 radical (unpaired) electrons. The van der Waals surface area contributed by atoms with Gasteiger partial charge in [-0.3, -0.25) is 4.79 Å². The van der Waals surface area contributed by atoms with E-state index in [-0.39, 0.29) is 11.3 Å². The van der Waals surface area contributed by atoms with Gasteiger partial charge in [0.15, 0.2) is 11.1 Å². The van der Waals surface area contributed by atoms with Crippen LogP contribution in [0.25, 0.3) is 22.0 Å². The molecule has 1 unspecified atom stereocenters. The fourth-order valence-corrected chi connectivity index (χ4v) is 3.73. The number of aromatic amines is 1. The average molecular weight is 371 g/mol. The summed E-state index contributed by atoms with van der Waals surface area (Å²) in [5.41, 5.74) is 4.12. The van der Waals surface area contributed by atoms with Crippen LogP contribution in [0, 0.1) is 5.92 Å². The molecule has 1 atom stereocenters. The maximum Gasteiger partial charge on any atom is 0.274 e. The van der Waals surface area contributed by atoms with Gasteiger partial charge in [0, 0.05) is 48.2 Å². The lowest BCUT2D eigenvalue weighted by atomic mass is 9.99. The van der Waals surface area contributed by atoms with Crippen molar-refractivity contribution in [1.29, 1.82) is 0 Å². The van der Waals surface area contributed by atoms with E-state index in [0.29, 0.717) is 5.52 Å². The Morgan fingerprint density at radius 2 is 2.12 bits per heavy atom. The summed E-state index contributed by atoms with van der Waals surface area (Å²) < 4.78 is 22.1. The van der Waals surface area contributed by atoms with E-state index in [1.807, 2.05) is 30.5 Å². The van der Waals surface area contributed by atoms with Crippen LogP contribution in [-0.2, 0) is 23.9 Å². The molecule has 2 heterocycles. The minimum atomic E-state index is -1.90. The molecule has 1 aliphatic rings. The van der Waals surface area contributed by atoms with Crippen LogP contribution in [0.2, 0.25) is 0 Å². The molecule has 26 heavy (non-hydrogen) atoms. The molecule has 0 amide bonds. The van der Waals surface area contributed by atoms with Gasteiger partial charge in [0.1, 0.15) is 5.52 Å². The second-order valence-corrected chi connectivity index (χ2v) is 7.83. The van der Waals surface area contributed by atoms with E-state index in [0.717, 1.165) is 40.2 Å². The Kier molecular flexibility index (Phi) is 4.42. The van der Waals surface area contributed by atoms with Gasteiger partial charge in [0.2, 0.25) is 0 Å². The maximum atomic E-state index is 12.3. The van der Waals surface area contributed by atoms with Crippen LogP contribution in [0.1, 0.15) is 18.4 Å². The molecule has 1 aliphatic carbocycles. The summed E-state index contributed by atoms with van der Waals surface area (Å²) in [7, 11) is 1.73. The number of nitrogens with one attached hydrogen (secondary N) is 2. The fourth-order valence-electron chi connectivity index (χ4n) is 3.26. The number of aromatic nitrogens is 2. The molecule has 0 saturated heterocycles. The normalized spacial score (nSPS) is 15.3. The van der Waals surface area contributed by atoms with Crippen LogP contribution in [0.5, 0.6) is 0 Å². The number of nitrogens with zero attached hydrogens (tertiary/aromatic N) is 1. The van der Waals surface area contributed by atoms with E-state index >= 15 is 0 Å². The molecular formula is C19H21N3O3S. The smallest absolute Gasteiger partial charge is 0.274 e. The van der Waals surface area contributed by atoms with Gasteiger partial charge in [0.25, 0.3) is 5.56 Å². The summed E-state index contributed by atoms with van der Waals surface area (Å²) >= 11 is -1.90. The van der Waals surface area contributed by atoms with Crippen LogP contribution >= 0.6 is 0 Å². The van der Waals surface area contributed by atoms with Crippen LogP contribution < -0.4 is 10.9 Å². The summed E-state index contributed by atoms with van der Waals surface area (Å²) in [6, 6.07) is 7.68. The Morgan fingerprint density at radius 3 is 2.85 bits per heavy atom. The van der Waals surface area contributed by atoms with Crippen LogP contribution in [0.4, 0.5) is 5.69 Å². The second kappa shape index (κ2) is 6.74. The fraction of sp³-hybridized carbons (Fsp3) is 0.316. The Morgan fingerprint density at radius 1 is 1.31 bits per heavy atom. The third-order valence-electron chi connectivity index (χ3n) is 4.84. The molecule has 1 fully saturated rings. The van der Waals surface area contributed by atoms with Crippen molar-refractivity contribution >= 4 is 27.7 Å². The molecule has 0 spiro atoms. The first-order chi connectivity index (χ1) is 12.5. The minimum Gasteiger partial charge on any atom is -0.384 e. The number of hydrogen-bond acceptors (Lipinski definition) is 3. The number of benzene rings is 1. The van der Waals surface area contributed by atoms with Gasteiger partial charge in [-0.05, 0) is 42.5 Å². The third kappa shape index (κ3) is 3.32. The van der Waals surface area contributed by atoms with Crippen molar-refractivity contribution in [3.63, 3.8) is 0 Å². The number of aryl methyl sites for hydroxylation is 1. The van der Waals surface area contributed by atoms with E-state index in [2.05, 4.69) is 10.3 Å². The Bertz CT molecular complexity index is 1050. The standard InChI is InChI=1S/C19H21N3O3S/c1-22-10-16(14-6-7-20-18(14)19(22)23)15-8-13(11-26(24)25)4-5-17(15)21-9-12-2-3-12/h4-8,10,12,20-21H,2-3,9,11H2,1H3,(H,24,25). The molecule has 1 saturated carbocycles. The zero-order chi connectivity index (χ0) is 18.3. The Hall–Kier alpha value is -2.38. The highest BCUT2D eigenvalue weighted by molar-refractivity contribution is 7.78. The quantitative estimate of drug-likeness (QED) is 0.581. The molecule has 7 heteroatoms. The minimum absolute atomic E-state index is 0.0751. The predicted molar refractivity (Wildman–Crippen MR) is 105 cm³/mol. The van der Waals surface area contributed by atoms with E-state index in [1.165, 1.54) is 12.8 Å². The molecule has 3 N–H and O–H groups in total. The van der Waals surface area contributed by atoms with Crippen LogP contribution in [-0.4, -0.2) is 24.9 Å². The van der Waals surface area contributed by atoms with Gasteiger partial charge < -0.3 is 19.4 Å². The lowest BCUT2D eigenvalue weighted by molar-refractivity contribution is 0.563. The Balaban J connectivity index is 1.87. The monoisotopic (exact) mass is 371 g/mol. The number of pyridine rings is 1. The van der Waals surface area contributed by atoms with Crippen molar-refractivity contribution in [2.45, 2.75) is 18.6 Å². The SMILES string of the molecule is Cn1cc(-c2cc(CS(=O)O)ccc2NCC2CC2)c2cc[nH]c2c1=O. The van der Waals surface area contributed by atoms with Gasteiger partial charge in [-0.1, -0.05) is 6.07 Å². The predicted octanol–water partition coefficient (Wildman–Crippen LogP) is 3.08. The van der Waals surface area contributed by atoms with Crippen molar-refractivity contribution in [2.75, 3.05) is 11.9 Å². The average Bonchev–Trinajstić information content (AvgIpc) is 3.30. The molecule has 1 aromatic carbocycles. The molecule has 0 aliphatic heterocycles. The summed E-state index contributed by atoms with van der Waals surface area (Å²) in [5.74, 6) is 0.803. The van der Waals surface area contributed by atoms with Crippen molar-refractivity contribution in [3.8, 4) is 11.1 Å². The number of anilines is 1. The van der Waals surface area contributed by atoms with Gasteiger partial charge in [-0.15, -0.1) is 0 Å². The first-order valence-electron chi connectivity index (χ1n) is 8.64. The third-order valence-corrected chi connectivity index (χ3v) is 5.42. The van der Waals surface area contributed by atoms with Gasteiger partial charge in [-0.25, -0.2) is 4.21 Å². The van der Waals surface area contributed by atoms with Crippen molar-refractivity contribution < 1.29 is 8.76 Å². The van der Waals surface area contributed by atoms with Crippen molar-refractivity contribution in [3.05, 3.63) is 52.6 Å². The van der Waals surface area contributed by atoms with E-state index in [9.17, 15) is 13.6 Å². The molecule has 6 nitrogen and oxygen atoms in total. The molecular weight excluding hydrogens is 350 g/mol.